The summed E-state index contributed by atoms with van der Waals surface area (Å²) in [6.45, 7) is 6.48. The van der Waals surface area contributed by atoms with Crippen LogP contribution in [-0.2, 0) is 14.3 Å². The molecule has 0 bridgehead atoms. The van der Waals surface area contributed by atoms with Crippen molar-refractivity contribution in [3.8, 4) is 16.9 Å². The van der Waals surface area contributed by atoms with E-state index in [9.17, 15) is 9.59 Å². The van der Waals surface area contributed by atoms with E-state index in [2.05, 4.69) is 0 Å². The van der Waals surface area contributed by atoms with E-state index in [4.69, 9.17) is 36.3 Å². The minimum absolute atomic E-state index is 0.232. The van der Waals surface area contributed by atoms with Crippen molar-refractivity contribution in [1.82, 2.24) is 14.3 Å². The van der Waals surface area contributed by atoms with Gasteiger partial charge in [-0.2, -0.15) is 5.10 Å². The largest absolute Gasteiger partial charge is 0.481 e. The van der Waals surface area contributed by atoms with Crippen LogP contribution in [-0.4, -0.2) is 37.5 Å². The highest BCUT2D eigenvalue weighted by Crippen LogP contribution is 2.33. The highest BCUT2D eigenvalue weighted by Gasteiger charge is 2.34. The number of aliphatic carboxylic acids is 1. The molecule has 0 fully saturated rings. The maximum Gasteiger partial charge on any atom is 0.338 e. The van der Waals surface area contributed by atoms with E-state index >= 15 is 0 Å². The van der Waals surface area contributed by atoms with Gasteiger partial charge in [0.1, 0.15) is 11.7 Å². The number of carbonyl (C=O) groups is 2. The third-order valence-corrected chi connectivity index (χ3v) is 8.72. The van der Waals surface area contributed by atoms with Crippen LogP contribution < -0.4 is 14.9 Å². The van der Waals surface area contributed by atoms with Gasteiger partial charge in [-0.3, -0.25) is 14.2 Å². The van der Waals surface area contributed by atoms with Gasteiger partial charge in [-0.05, 0) is 62.6 Å². The van der Waals surface area contributed by atoms with Crippen molar-refractivity contribution in [2.24, 2.45) is 4.99 Å². The molecule has 1 N–H and O–H groups in total. The van der Waals surface area contributed by atoms with Gasteiger partial charge in [-0.25, -0.2) is 14.5 Å². The third kappa shape index (κ3) is 7.06. The van der Waals surface area contributed by atoms with Crippen molar-refractivity contribution < 1.29 is 19.4 Å². The van der Waals surface area contributed by atoms with Crippen LogP contribution in [0.15, 0.2) is 99.4 Å². The smallest absolute Gasteiger partial charge is 0.338 e. The van der Waals surface area contributed by atoms with Crippen LogP contribution in [0.5, 0.6) is 0 Å². The van der Waals surface area contributed by atoms with Crippen LogP contribution in [0.3, 0.4) is 0 Å². The Labute approximate surface area is 271 Å². The van der Waals surface area contributed by atoms with Gasteiger partial charge in [0, 0.05) is 34.1 Å². The van der Waals surface area contributed by atoms with Gasteiger partial charge in [0.05, 0.1) is 27.6 Å². The number of allylic oxidation sites excluding steroid dienone is 1. The zero-order chi connectivity index (χ0) is 32.2. The molecule has 0 radical (unpaired) electrons. The summed E-state index contributed by atoms with van der Waals surface area (Å²) in [6, 6.07) is 20.5. The number of ether oxygens (including phenoxy) is 1. The Bertz CT molecular complexity index is 2060. The molecule has 0 amide bonds. The molecule has 4 heterocycles. The number of esters is 1. The van der Waals surface area contributed by atoms with Gasteiger partial charge in [-0.15, -0.1) is 11.3 Å². The highest BCUT2D eigenvalue weighted by atomic mass is 35.5. The number of aromatic nitrogens is 3. The third-order valence-electron chi connectivity index (χ3n) is 6.56. The Hall–Kier alpha value is -4.58. The molecule has 1 aliphatic rings. The normalized spacial score (nSPS) is 14.4. The number of carboxylic acids is 1. The van der Waals surface area contributed by atoms with Crippen molar-refractivity contribution in [3.63, 3.8) is 0 Å². The lowest BCUT2D eigenvalue weighted by Gasteiger charge is -2.24. The first-order valence-corrected chi connectivity index (χ1v) is 16.0. The average Bonchev–Trinajstić information content (AvgIpc) is 3.73. The zero-order valence-electron chi connectivity index (χ0n) is 24.8. The maximum absolute atomic E-state index is 14.1. The first kappa shape index (κ1) is 31.8. The first-order valence-electron chi connectivity index (χ1n) is 13.9. The molecule has 45 heavy (non-hydrogen) atoms. The summed E-state index contributed by atoms with van der Waals surface area (Å²) < 4.78 is 9.46. The number of carboxylic acid groups (broad SMARTS) is 1. The van der Waals surface area contributed by atoms with Crippen LogP contribution in [0.25, 0.3) is 23.0 Å². The van der Waals surface area contributed by atoms with Crippen LogP contribution in [0.1, 0.15) is 44.2 Å². The number of hydrogen-bond acceptors (Lipinski definition) is 8. The summed E-state index contributed by atoms with van der Waals surface area (Å²) >= 11 is 8.93. The van der Waals surface area contributed by atoms with E-state index in [1.54, 1.807) is 30.0 Å². The van der Waals surface area contributed by atoms with Crippen molar-refractivity contribution >= 4 is 52.3 Å². The highest BCUT2D eigenvalue weighted by molar-refractivity contribution is 7.10. The number of carbonyl (C=O) groups excluding carboxylic acids is 1. The minimum Gasteiger partial charge on any atom is -0.481 e. The van der Waals surface area contributed by atoms with Gasteiger partial charge in [0.15, 0.2) is 4.80 Å². The molecular formula is C33H29ClN4O5S2. The van der Waals surface area contributed by atoms with Crippen LogP contribution in [0, 0.1) is 0 Å². The molecule has 1 aliphatic heterocycles. The molecule has 9 nitrogen and oxygen atoms in total. The molecule has 6 rings (SSSR count). The van der Waals surface area contributed by atoms with E-state index in [0.29, 0.717) is 31.3 Å². The lowest BCUT2D eigenvalue weighted by Crippen LogP contribution is -2.39. The Morgan fingerprint density at radius 1 is 1.07 bits per heavy atom. The Kier molecular flexibility index (Phi) is 9.62. The number of benzene rings is 2. The number of halogens is 1. The minimum atomic E-state index is -0.833. The molecule has 0 saturated heterocycles. The average molecular weight is 661 g/mol. The predicted octanol–water partition coefficient (Wildman–Crippen LogP) is 5.85. The van der Waals surface area contributed by atoms with Gasteiger partial charge in [0.25, 0.3) is 11.5 Å². The lowest BCUT2D eigenvalue weighted by molar-refractivity contribution is -0.143. The van der Waals surface area contributed by atoms with Gasteiger partial charge in [-0.1, -0.05) is 59.3 Å². The summed E-state index contributed by atoms with van der Waals surface area (Å²) in [7, 11) is 0. The molecule has 3 aromatic heterocycles. The molecule has 5 aromatic rings. The number of rotatable bonds is 6. The van der Waals surface area contributed by atoms with Gasteiger partial charge >= 0.3 is 5.97 Å². The second-order valence-electron chi connectivity index (χ2n) is 10.3. The molecule has 1 atom stereocenters. The summed E-state index contributed by atoms with van der Waals surface area (Å²) in [5.74, 6) is -1.30. The van der Waals surface area contributed by atoms with Gasteiger partial charge in [0.2, 0.25) is 0 Å². The van der Waals surface area contributed by atoms with Gasteiger partial charge < -0.3 is 9.84 Å². The molecular weight excluding hydrogens is 632 g/mol. The van der Waals surface area contributed by atoms with Crippen LogP contribution in [0.4, 0.5) is 0 Å². The monoisotopic (exact) mass is 660 g/mol. The summed E-state index contributed by atoms with van der Waals surface area (Å²) in [4.78, 5) is 42.4. The second kappa shape index (κ2) is 13.6. The lowest BCUT2D eigenvalue weighted by atomic mass is 10.0. The fraction of sp³-hybridized carbons (Fsp3) is 0.182. The number of nitrogens with zero attached hydrogens (tertiary/aromatic N) is 4. The molecule has 1 unspecified atom stereocenters. The fourth-order valence-electron chi connectivity index (χ4n) is 4.76. The topological polar surface area (TPSA) is 116 Å². The Balaban J connectivity index is 0.000000945. The quantitative estimate of drug-likeness (QED) is 0.229. The number of thiazole rings is 1. The van der Waals surface area contributed by atoms with Crippen molar-refractivity contribution in [2.75, 3.05) is 0 Å². The molecule has 0 saturated carbocycles. The SMILES string of the molecule is CC(=O)O.CC1=C(C(=O)OC(C)C)C(c2cccs2)n2c(sc(=Cc3cn(-c4ccccc4)nc3-c3ccc(Cl)cc3)c2=O)=N1. The maximum atomic E-state index is 14.1. The number of thiophene rings is 1. The molecule has 2 aromatic carbocycles. The fourth-order valence-corrected chi connectivity index (χ4v) is 6.74. The summed E-state index contributed by atoms with van der Waals surface area (Å²) in [5, 5.41) is 14.8. The summed E-state index contributed by atoms with van der Waals surface area (Å²) in [5.41, 5.74) is 3.93. The van der Waals surface area contributed by atoms with Crippen molar-refractivity contribution in [1.29, 1.82) is 0 Å². The number of fused-ring (bicyclic) bond motifs is 1. The van der Waals surface area contributed by atoms with E-state index in [-0.39, 0.29) is 11.7 Å². The summed E-state index contributed by atoms with van der Waals surface area (Å²) in [6.07, 6.45) is 3.45. The van der Waals surface area contributed by atoms with Crippen LogP contribution in [0.2, 0.25) is 5.02 Å². The number of para-hydroxylation sites is 1. The van der Waals surface area contributed by atoms with E-state index in [1.807, 2.05) is 84.4 Å². The first-order chi connectivity index (χ1) is 21.5. The molecule has 12 heteroatoms. The molecule has 230 valence electrons. The van der Waals surface area contributed by atoms with Crippen molar-refractivity contribution in [3.05, 3.63) is 125 Å². The zero-order valence-corrected chi connectivity index (χ0v) is 27.2. The Morgan fingerprint density at radius 2 is 1.76 bits per heavy atom. The standard InChI is InChI=1S/C31H25ClN4O3S2.C2H4O2/c1-18(2)39-30(38)26-19(3)33-31-36(28(26)24-10-7-15-40-24)29(37)25(41-31)16-21-17-35(23-8-5-4-6-9-23)34-27(21)20-11-13-22(32)14-12-20;1-2(3)4/h4-18,28H,1-3H3;1H3,(H,3,4). The second-order valence-corrected chi connectivity index (χ2v) is 12.7. The van der Waals surface area contributed by atoms with Crippen molar-refractivity contribution in [2.45, 2.75) is 39.8 Å². The molecule has 0 spiro atoms. The van der Waals surface area contributed by atoms with E-state index < -0.39 is 18.0 Å². The molecule has 0 aliphatic carbocycles. The van der Waals surface area contributed by atoms with Crippen LogP contribution >= 0.6 is 34.3 Å². The Morgan fingerprint density at radius 3 is 2.38 bits per heavy atom. The van der Waals surface area contributed by atoms with E-state index in [1.165, 1.54) is 22.7 Å². The van der Waals surface area contributed by atoms with E-state index in [0.717, 1.165) is 28.6 Å². The number of hydrogen-bond donors (Lipinski definition) is 1. The predicted molar refractivity (Wildman–Crippen MR) is 177 cm³/mol.